The standard InChI is InChI=1S/C7H11N3O2S/c8-3-6-9-7(10-12-6)5-4-13-2-1-11-5/h5H,1-4,8H2. The predicted molar refractivity (Wildman–Crippen MR) is 48.2 cm³/mol. The molecular formula is C7H11N3O2S. The normalized spacial score (nSPS) is 23.3. The number of aromatic nitrogens is 2. The van der Waals surface area contributed by atoms with Crippen LogP contribution in [0.4, 0.5) is 0 Å². The molecule has 0 aliphatic carbocycles. The average molecular weight is 201 g/mol. The highest BCUT2D eigenvalue weighted by Gasteiger charge is 2.21. The maximum absolute atomic E-state index is 5.48. The van der Waals surface area contributed by atoms with E-state index in [0.717, 1.165) is 18.1 Å². The molecule has 5 nitrogen and oxygen atoms in total. The van der Waals surface area contributed by atoms with Crippen molar-refractivity contribution in [1.29, 1.82) is 0 Å². The maximum atomic E-state index is 5.48. The van der Waals surface area contributed by atoms with Crippen LogP contribution in [0.25, 0.3) is 0 Å². The van der Waals surface area contributed by atoms with Gasteiger partial charge in [-0.2, -0.15) is 16.7 Å². The summed E-state index contributed by atoms with van der Waals surface area (Å²) in [5.74, 6) is 3.02. The monoisotopic (exact) mass is 201 g/mol. The Morgan fingerprint density at radius 2 is 2.54 bits per heavy atom. The lowest BCUT2D eigenvalue weighted by Gasteiger charge is -2.18. The van der Waals surface area contributed by atoms with Gasteiger partial charge in [0.25, 0.3) is 0 Å². The fraction of sp³-hybridized carbons (Fsp3) is 0.714. The van der Waals surface area contributed by atoms with Gasteiger partial charge in [-0.05, 0) is 0 Å². The molecule has 1 fully saturated rings. The number of nitrogens with two attached hydrogens (primary N) is 1. The highest BCUT2D eigenvalue weighted by atomic mass is 32.2. The minimum atomic E-state index is -0.0252. The Kier molecular flexibility index (Phi) is 2.82. The van der Waals surface area contributed by atoms with Gasteiger partial charge in [0.1, 0.15) is 6.10 Å². The van der Waals surface area contributed by atoms with Crippen LogP contribution >= 0.6 is 11.8 Å². The Morgan fingerprint density at radius 3 is 3.15 bits per heavy atom. The van der Waals surface area contributed by atoms with Crippen LogP contribution < -0.4 is 5.73 Å². The molecule has 2 N–H and O–H groups in total. The van der Waals surface area contributed by atoms with E-state index in [-0.39, 0.29) is 12.6 Å². The van der Waals surface area contributed by atoms with Crippen LogP contribution in [-0.4, -0.2) is 28.3 Å². The van der Waals surface area contributed by atoms with Crippen molar-refractivity contribution >= 4 is 11.8 Å². The summed E-state index contributed by atoms with van der Waals surface area (Å²) in [6.07, 6.45) is -0.0252. The van der Waals surface area contributed by atoms with Crippen molar-refractivity contribution in [3.63, 3.8) is 0 Å². The highest BCUT2D eigenvalue weighted by Crippen LogP contribution is 2.24. The zero-order chi connectivity index (χ0) is 9.10. The summed E-state index contributed by atoms with van der Waals surface area (Å²) in [7, 11) is 0. The largest absolute Gasteiger partial charge is 0.368 e. The van der Waals surface area contributed by atoms with Crippen molar-refractivity contribution in [2.24, 2.45) is 5.73 Å². The van der Waals surface area contributed by atoms with Crippen LogP contribution in [0, 0.1) is 0 Å². The Hall–Kier alpha value is -0.590. The van der Waals surface area contributed by atoms with Crippen LogP contribution in [-0.2, 0) is 11.3 Å². The van der Waals surface area contributed by atoms with Crippen LogP contribution in [0.3, 0.4) is 0 Å². The molecule has 1 aromatic heterocycles. The molecule has 6 heteroatoms. The van der Waals surface area contributed by atoms with Crippen molar-refractivity contribution in [3.8, 4) is 0 Å². The van der Waals surface area contributed by atoms with Gasteiger partial charge < -0.3 is 15.0 Å². The molecule has 0 saturated carbocycles. The number of rotatable bonds is 2. The lowest BCUT2D eigenvalue weighted by atomic mass is 10.4. The molecule has 2 heterocycles. The minimum absolute atomic E-state index is 0.0252. The molecule has 72 valence electrons. The summed E-state index contributed by atoms with van der Waals surface area (Å²) in [4.78, 5) is 4.11. The van der Waals surface area contributed by atoms with E-state index in [1.165, 1.54) is 0 Å². The summed E-state index contributed by atoms with van der Waals surface area (Å²) < 4.78 is 10.4. The zero-order valence-electron chi connectivity index (χ0n) is 7.10. The number of hydrogen-bond donors (Lipinski definition) is 1. The van der Waals surface area contributed by atoms with Crippen LogP contribution in [0.2, 0.25) is 0 Å². The summed E-state index contributed by atoms with van der Waals surface area (Å²) in [6.45, 7) is 1.04. The second-order valence-electron chi connectivity index (χ2n) is 2.68. The summed E-state index contributed by atoms with van der Waals surface area (Å²) in [5.41, 5.74) is 5.35. The smallest absolute Gasteiger partial charge is 0.240 e. The molecule has 1 aromatic rings. The zero-order valence-corrected chi connectivity index (χ0v) is 7.92. The third kappa shape index (κ3) is 2.01. The first-order valence-corrected chi connectivity index (χ1v) is 5.27. The number of thioether (sulfide) groups is 1. The molecule has 0 amide bonds. The van der Waals surface area contributed by atoms with Gasteiger partial charge in [0.2, 0.25) is 11.7 Å². The molecule has 0 spiro atoms. The van der Waals surface area contributed by atoms with Crippen molar-refractivity contribution in [3.05, 3.63) is 11.7 Å². The second kappa shape index (κ2) is 4.08. The van der Waals surface area contributed by atoms with Gasteiger partial charge in [-0.3, -0.25) is 0 Å². The molecular weight excluding hydrogens is 190 g/mol. The number of ether oxygens (including phenoxy) is 1. The topological polar surface area (TPSA) is 74.2 Å². The van der Waals surface area contributed by atoms with E-state index < -0.39 is 0 Å². The van der Waals surface area contributed by atoms with E-state index in [4.69, 9.17) is 15.0 Å². The SMILES string of the molecule is NCc1nc(C2CSCCO2)no1. The van der Waals surface area contributed by atoms with Gasteiger partial charge in [-0.15, -0.1) is 0 Å². The third-order valence-electron chi connectivity index (χ3n) is 1.76. The fourth-order valence-electron chi connectivity index (χ4n) is 1.12. The summed E-state index contributed by atoms with van der Waals surface area (Å²) >= 11 is 1.84. The Bertz CT molecular complexity index is 272. The summed E-state index contributed by atoms with van der Waals surface area (Å²) in [6, 6.07) is 0. The van der Waals surface area contributed by atoms with Crippen LogP contribution in [0.5, 0.6) is 0 Å². The molecule has 0 radical (unpaired) electrons. The van der Waals surface area contributed by atoms with Crippen molar-refractivity contribution in [1.82, 2.24) is 10.1 Å². The van der Waals surface area contributed by atoms with E-state index in [1.54, 1.807) is 0 Å². The molecule has 1 aliphatic heterocycles. The van der Waals surface area contributed by atoms with Gasteiger partial charge in [0.15, 0.2) is 0 Å². The van der Waals surface area contributed by atoms with Crippen molar-refractivity contribution in [2.75, 3.05) is 18.1 Å². The van der Waals surface area contributed by atoms with Crippen molar-refractivity contribution in [2.45, 2.75) is 12.6 Å². The van der Waals surface area contributed by atoms with Gasteiger partial charge in [0.05, 0.1) is 13.2 Å². The van der Waals surface area contributed by atoms with Gasteiger partial charge in [-0.25, -0.2) is 0 Å². The fourth-order valence-corrected chi connectivity index (χ4v) is 1.96. The van der Waals surface area contributed by atoms with Crippen molar-refractivity contribution < 1.29 is 9.26 Å². The molecule has 1 saturated heterocycles. The quantitative estimate of drug-likeness (QED) is 0.743. The molecule has 0 bridgehead atoms. The van der Waals surface area contributed by atoms with Gasteiger partial charge in [-0.1, -0.05) is 5.16 Å². The van der Waals surface area contributed by atoms with E-state index >= 15 is 0 Å². The minimum Gasteiger partial charge on any atom is -0.368 e. The molecule has 1 aliphatic rings. The molecule has 1 atom stereocenters. The van der Waals surface area contributed by atoms with Crippen LogP contribution in [0.1, 0.15) is 17.8 Å². The predicted octanol–water partition coefficient (Wildman–Crippen LogP) is 0.333. The Morgan fingerprint density at radius 1 is 1.62 bits per heavy atom. The first-order chi connectivity index (χ1) is 6.40. The number of nitrogens with zero attached hydrogens (tertiary/aromatic N) is 2. The maximum Gasteiger partial charge on any atom is 0.240 e. The molecule has 13 heavy (non-hydrogen) atoms. The molecule has 0 aromatic carbocycles. The first-order valence-electron chi connectivity index (χ1n) is 4.12. The van der Waals surface area contributed by atoms with E-state index in [0.29, 0.717) is 11.7 Å². The molecule has 1 unspecified atom stereocenters. The Balaban J connectivity index is 2.05. The first kappa shape index (κ1) is 8.98. The average Bonchev–Trinajstić information content (AvgIpc) is 2.67. The third-order valence-corrected chi connectivity index (χ3v) is 2.76. The highest BCUT2D eigenvalue weighted by molar-refractivity contribution is 7.99. The van der Waals surface area contributed by atoms with Gasteiger partial charge >= 0.3 is 0 Å². The lowest BCUT2D eigenvalue weighted by Crippen LogP contribution is -2.16. The van der Waals surface area contributed by atoms with Gasteiger partial charge in [0, 0.05) is 11.5 Å². The lowest BCUT2D eigenvalue weighted by molar-refractivity contribution is 0.0677. The number of hydrogen-bond acceptors (Lipinski definition) is 6. The molecule has 2 rings (SSSR count). The Labute approximate surface area is 80.0 Å². The second-order valence-corrected chi connectivity index (χ2v) is 3.83. The van der Waals surface area contributed by atoms with Crippen LogP contribution in [0.15, 0.2) is 4.52 Å². The van der Waals surface area contributed by atoms with E-state index in [1.807, 2.05) is 11.8 Å². The van der Waals surface area contributed by atoms with E-state index in [9.17, 15) is 0 Å². The summed E-state index contributed by atoms with van der Waals surface area (Å²) in [5, 5.41) is 3.81. The van der Waals surface area contributed by atoms with E-state index in [2.05, 4.69) is 10.1 Å².